The first-order valence-electron chi connectivity index (χ1n) is 9.88. The summed E-state index contributed by atoms with van der Waals surface area (Å²) in [5.74, 6) is 0.891. The van der Waals surface area contributed by atoms with Gasteiger partial charge in [-0.05, 0) is 25.1 Å². The number of benzene rings is 1. The Morgan fingerprint density at radius 1 is 1.18 bits per heavy atom. The number of hydrogen-bond donors (Lipinski definition) is 2. The first kappa shape index (κ1) is 23.8. The van der Waals surface area contributed by atoms with Crippen LogP contribution >= 0.6 is 46.8 Å². The van der Waals surface area contributed by atoms with Gasteiger partial charge in [-0.2, -0.15) is 0 Å². The molecule has 11 heteroatoms. The second-order valence-corrected chi connectivity index (χ2v) is 9.23. The van der Waals surface area contributed by atoms with E-state index in [2.05, 4.69) is 14.3 Å². The summed E-state index contributed by atoms with van der Waals surface area (Å²) in [4.78, 5) is 8.36. The molecule has 3 heterocycles. The maximum absolute atomic E-state index is 8.80. The van der Waals surface area contributed by atoms with Gasteiger partial charge in [-0.1, -0.05) is 46.8 Å². The van der Waals surface area contributed by atoms with E-state index >= 15 is 0 Å². The molecule has 3 N–H and O–H groups in total. The Morgan fingerprint density at radius 2 is 1.91 bits per heavy atom. The average Bonchev–Trinajstić information content (AvgIpc) is 2.79. The molecule has 0 amide bonds. The summed E-state index contributed by atoms with van der Waals surface area (Å²) in [6.45, 7) is 3.09. The fourth-order valence-electron chi connectivity index (χ4n) is 3.49. The number of ether oxygens (including phenoxy) is 2. The smallest absolute Gasteiger partial charge is 0.238 e. The van der Waals surface area contributed by atoms with E-state index in [4.69, 9.17) is 55.4 Å². The minimum absolute atomic E-state index is 0.184. The summed E-state index contributed by atoms with van der Waals surface area (Å²) < 4.78 is 13.8. The van der Waals surface area contributed by atoms with Gasteiger partial charge >= 0.3 is 0 Å². The molecule has 0 saturated carbocycles. The lowest BCUT2D eigenvalue weighted by molar-refractivity contribution is 0.227. The number of nitrogens with one attached hydrogen (secondary N) is 1. The van der Waals surface area contributed by atoms with Gasteiger partial charge in [0.1, 0.15) is 24.1 Å². The van der Waals surface area contributed by atoms with Crippen molar-refractivity contribution in [1.29, 1.82) is 5.41 Å². The highest BCUT2D eigenvalue weighted by atomic mass is 35.5. The van der Waals surface area contributed by atoms with Crippen LogP contribution in [0.25, 0.3) is 0 Å². The number of fused-ring (bicyclic) bond motifs is 1. The van der Waals surface area contributed by atoms with Crippen LogP contribution in [0.15, 0.2) is 36.8 Å². The SMILES string of the molecule is CSN1CCOc2ncc(C(=N)c3cc(O[C@H](C)c4c(Cl)cncc4Cl)c(Cl)cc3N)cc21. The molecule has 0 bridgehead atoms. The van der Waals surface area contributed by atoms with Crippen molar-refractivity contribution in [3.8, 4) is 11.6 Å². The Morgan fingerprint density at radius 3 is 2.61 bits per heavy atom. The zero-order valence-electron chi connectivity index (χ0n) is 17.7. The number of nitrogens with two attached hydrogens (primary N) is 1. The van der Waals surface area contributed by atoms with Crippen molar-refractivity contribution in [1.82, 2.24) is 9.97 Å². The zero-order chi connectivity index (χ0) is 23.7. The summed E-state index contributed by atoms with van der Waals surface area (Å²) in [6.07, 6.45) is 6.06. The molecule has 3 aromatic rings. The van der Waals surface area contributed by atoms with Gasteiger partial charge in [-0.15, -0.1) is 0 Å². The van der Waals surface area contributed by atoms with E-state index in [1.807, 2.05) is 12.3 Å². The van der Waals surface area contributed by atoms with Crippen molar-refractivity contribution < 1.29 is 9.47 Å². The number of anilines is 2. The van der Waals surface area contributed by atoms with Crippen molar-refractivity contribution >= 4 is 63.8 Å². The first-order chi connectivity index (χ1) is 15.8. The van der Waals surface area contributed by atoms with E-state index in [1.54, 1.807) is 37.2 Å². The largest absolute Gasteiger partial charge is 0.484 e. The molecule has 0 fully saturated rings. The maximum Gasteiger partial charge on any atom is 0.238 e. The molecular formula is C22H20Cl3N5O2S. The minimum Gasteiger partial charge on any atom is -0.484 e. The number of pyridine rings is 2. The third-order valence-electron chi connectivity index (χ3n) is 5.12. The van der Waals surface area contributed by atoms with Gasteiger partial charge < -0.3 is 19.5 Å². The van der Waals surface area contributed by atoms with Gasteiger partial charge in [0.2, 0.25) is 5.88 Å². The van der Waals surface area contributed by atoms with E-state index in [1.165, 1.54) is 12.4 Å². The molecule has 1 atom stereocenters. The Bertz CT molecular complexity index is 1210. The van der Waals surface area contributed by atoms with Crippen molar-refractivity contribution in [2.24, 2.45) is 0 Å². The Balaban J connectivity index is 1.67. The molecule has 0 aliphatic carbocycles. The molecular weight excluding hydrogens is 505 g/mol. The molecule has 172 valence electrons. The maximum atomic E-state index is 8.80. The van der Waals surface area contributed by atoms with Gasteiger partial charge in [0, 0.05) is 47.2 Å². The summed E-state index contributed by atoms with van der Waals surface area (Å²) in [5.41, 5.74) is 9.21. The van der Waals surface area contributed by atoms with Gasteiger partial charge in [-0.3, -0.25) is 10.4 Å². The highest BCUT2D eigenvalue weighted by Gasteiger charge is 2.23. The standard InChI is InChI=1S/C22H20Cl3N5O2S/c1-11(20-15(24)9-28-10-16(20)25)32-19-6-13(17(26)7-14(19)23)21(27)12-5-18-22(29-8-12)31-4-3-30(18)33-2/h5-11,27H,3-4,26H2,1-2H3/t11-/m1/s1. The molecule has 2 aromatic heterocycles. The summed E-state index contributed by atoms with van der Waals surface area (Å²) in [6, 6.07) is 5.07. The Kier molecular flexibility index (Phi) is 7.09. The fraction of sp³-hybridized carbons (Fsp3) is 0.227. The average molecular weight is 525 g/mol. The molecule has 1 aromatic carbocycles. The van der Waals surface area contributed by atoms with Crippen LogP contribution in [0.3, 0.4) is 0 Å². The molecule has 0 spiro atoms. The highest BCUT2D eigenvalue weighted by Crippen LogP contribution is 2.38. The van der Waals surface area contributed by atoms with Crippen molar-refractivity contribution in [3.05, 3.63) is 68.5 Å². The molecule has 7 nitrogen and oxygen atoms in total. The molecule has 0 saturated heterocycles. The summed E-state index contributed by atoms with van der Waals surface area (Å²) in [5, 5.41) is 9.88. The van der Waals surface area contributed by atoms with Crippen LogP contribution in [0.2, 0.25) is 15.1 Å². The Labute approximate surface area is 210 Å². The van der Waals surface area contributed by atoms with E-state index in [-0.39, 0.29) is 5.71 Å². The molecule has 1 aliphatic rings. The third-order valence-corrected chi connectivity index (χ3v) is 6.83. The van der Waals surface area contributed by atoms with Crippen LogP contribution in [-0.4, -0.2) is 35.1 Å². The normalized spacial score (nSPS) is 13.8. The van der Waals surface area contributed by atoms with Gasteiger partial charge in [0.25, 0.3) is 0 Å². The number of rotatable bonds is 6. The number of nitrogen functional groups attached to an aromatic ring is 1. The number of nitrogens with zero attached hydrogens (tertiary/aromatic N) is 3. The van der Waals surface area contributed by atoms with Crippen LogP contribution in [-0.2, 0) is 0 Å². The molecule has 4 rings (SSSR count). The highest BCUT2D eigenvalue weighted by molar-refractivity contribution is 8.00. The topological polar surface area (TPSA) is 97.3 Å². The van der Waals surface area contributed by atoms with Gasteiger partial charge in [0.05, 0.1) is 27.3 Å². The van der Waals surface area contributed by atoms with Crippen LogP contribution in [0, 0.1) is 5.41 Å². The van der Waals surface area contributed by atoms with Crippen LogP contribution < -0.4 is 19.5 Å². The monoisotopic (exact) mass is 523 g/mol. The molecule has 0 radical (unpaired) electrons. The summed E-state index contributed by atoms with van der Waals surface area (Å²) >= 11 is 20.5. The predicted octanol–water partition coefficient (Wildman–Crippen LogP) is 6.05. The van der Waals surface area contributed by atoms with Gasteiger partial charge in [-0.25, -0.2) is 4.98 Å². The number of hydrogen-bond acceptors (Lipinski definition) is 8. The third kappa shape index (κ3) is 4.80. The fourth-order valence-corrected chi connectivity index (χ4v) is 4.97. The van der Waals surface area contributed by atoms with E-state index in [0.29, 0.717) is 55.7 Å². The zero-order valence-corrected chi connectivity index (χ0v) is 20.8. The van der Waals surface area contributed by atoms with E-state index in [9.17, 15) is 0 Å². The molecule has 33 heavy (non-hydrogen) atoms. The lowest BCUT2D eigenvalue weighted by Gasteiger charge is -2.28. The van der Waals surface area contributed by atoms with Crippen LogP contribution in [0.5, 0.6) is 11.6 Å². The van der Waals surface area contributed by atoms with Gasteiger partial charge in [0.15, 0.2) is 0 Å². The van der Waals surface area contributed by atoms with Crippen LogP contribution in [0.1, 0.15) is 29.7 Å². The quantitative estimate of drug-likeness (QED) is 0.230. The molecule has 1 aliphatic heterocycles. The van der Waals surface area contributed by atoms with Crippen molar-refractivity contribution in [3.63, 3.8) is 0 Å². The summed E-state index contributed by atoms with van der Waals surface area (Å²) in [7, 11) is 0. The van der Waals surface area contributed by atoms with Crippen molar-refractivity contribution in [2.45, 2.75) is 13.0 Å². The minimum atomic E-state index is -0.520. The predicted molar refractivity (Wildman–Crippen MR) is 136 cm³/mol. The van der Waals surface area contributed by atoms with Crippen LogP contribution in [0.4, 0.5) is 11.4 Å². The van der Waals surface area contributed by atoms with Crippen molar-refractivity contribution in [2.75, 3.05) is 29.4 Å². The first-order valence-corrected chi connectivity index (χ1v) is 12.2. The number of halogens is 3. The second-order valence-electron chi connectivity index (χ2n) is 7.20. The Hall–Kier alpha value is -2.39. The second kappa shape index (κ2) is 9.85. The van der Waals surface area contributed by atoms with E-state index in [0.717, 1.165) is 12.2 Å². The molecule has 0 unspecified atom stereocenters. The van der Waals surface area contributed by atoms with E-state index < -0.39 is 6.10 Å². The lowest BCUT2D eigenvalue weighted by Crippen LogP contribution is -2.27. The number of aromatic nitrogens is 2. The lowest BCUT2D eigenvalue weighted by atomic mass is 10.0.